The molecule has 0 aromatic carbocycles. The number of allylic oxidation sites excluding steroid dienone is 7. The van der Waals surface area contributed by atoms with E-state index in [1.165, 1.54) is 5.56 Å². The van der Waals surface area contributed by atoms with Gasteiger partial charge in [-0.2, -0.15) is 0 Å². The van der Waals surface area contributed by atoms with Gasteiger partial charge in [0.2, 0.25) is 0 Å². The van der Waals surface area contributed by atoms with Crippen molar-refractivity contribution in [1.82, 2.24) is 4.98 Å². The molecule has 134 valence electrons. The zero-order chi connectivity index (χ0) is 18.8. The van der Waals surface area contributed by atoms with Crippen LogP contribution in [0.15, 0.2) is 64.5 Å². The Labute approximate surface area is 152 Å². The fourth-order valence-corrected chi connectivity index (χ4v) is 2.47. The predicted molar refractivity (Wildman–Crippen MR) is 110 cm³/mol. The SMILES string of the molecule is C/C=C/C=C\C(=C/C)C1=N/C(=C\c2[nH]c(C)cc2C)C(OC)=C1.CC. The smallest absolute Gasteiger partial charge is 0.146 e. The zero-order valence-corrected chi connectivity index (χ0v) is 16.5. The minimum atomic E-state index is 0.783. The number of nitrogens with one attached hydrogen (secondary N) is 1. The second-order valence-electron chi connectivity index (χ2n) is 5.42. The Morgan fingerprint density at radius 2 is 1.88 bits per heavy atom. The first-order valence-corrected chi connectivity index (χ1v) is 8.77. The summed E-state index contributed by atoms with van der Waals surface area (Å²) >= 11 is 0. The summed E-state index contributed by atoms with van der Waals surface area (Å²) in [5.74, 6) is 0.783. The molecule has 1 aromatic rings. The largest absolute Gasteiger partial charge is 0.494 e. The first kappa shape index (κ1) is 20.5. The van der Waals surface area contributed by atoms with Gasteiger partial charge in [0, 0.05) is 17.5 Å². The van der Waals surface area contributed by atoms with Gasteiger partial charge in [-0.05, 0) is 51.0 Å². The molecule has 3 heteroatoms. The Balaban J connectivity index is 0.00000151. The lowest BCUT2D eigenvalue weighted by Crippen LogP contribution is -1.93. The summed E-state index contributed by atoms with van der Waals surface area (Å²) in [6.07, 6.45) is 14.1. The van der Waals surface area contributed by atoms with Gasteiger partial charge in [-0.3, -0.25) is 0 Å². The third-order valence-electron chi connectivity index (χ3n) is 3.64. The second-order valence-corrected chi connectivity index (χ2v) is 5.42. The number of nitrogens with zero attached hydrogens (tertiary/aromatic N) is 1. The van der Waals surface area contributed by atoms with E-state index < -0.39 is 0 Å². The summed E-state index contributed by atoms with van der Waals surface area (Å²) in [4.78, 5) is 8.08. The van der Waals surface area contributed by atoms with Crippen LogP contribution in [-0.4, -0.2) is 17.8 Å². The van der Waals surface area contributed by atoms with Crippen molar-refractivity contribution >= 4 is 11.8 Å². The van der Waals surface area contributed by atoms with Crippen LogP contribution in [0.2, 0.25) is 0 Å². The van der Waals surface area contributed by atoms with Crippen molar-refractivity contribution < 1.29 is 4.74 Å². The normalized spacial score (nSPS) is 16.3. The van der Waals surface area contributed by atoms with E-state index in [1.54, 1.807) is 7.11 Å². The molecule has 1 aliphatic rings. The molecule has 1 aromatic heterocycles. The number of methoxy groups -OCH3 is 1. The molecular weight excluding hydrogens is 308 g/mol. The number of ether oxygens (including phenoxy) is 1. The molecule has 3 nitrogen and oxygen atoms in total. The highest BCUT2D eigenvalue weighted by Crippen LogP contribution is 2.26. The second kappa shape index (κ2) is 10.3. The van der Waals surface area contributed by atoms with Crippen molar-refractivity contribution in [1.29, 1.82) is 0 Å². The molecule has 0 amide bonds. The predicted octanol–water partition coefficient (Wildman–Crippen LogP) is 6.06. The van der Waals surface area contributed by atoms with Crippen LogP contribution in [-0.2, 0) is 4.74 Å². The van der Waals surface area contributed by atoms with Crippen molar-refractivity contribution in [2.75, 3.05) is 7.11 Å². The molecule has 0 saturated carbocycles. The minimum absolute atomic E-state index is 0.783. The van der Waals surface area contributed by atoms with Gasteiger partial charge in [0.15, 0.2) is 0 Å². The lowest BCUT2D eigenvalue weighted by molar-refractivity contribution is 0.303. The highest BCUT2D eigenvalue weighted by Gasteiger charge is 2.17. The van der Waals surface area contributed by atoms with Crippen LogP contribution < -0.4 is 0 Å². The maximum absolute atomic E-state index is 5.49. The topological polar surface area (TPSA) is 37.4 Å². The molecule has 2 heterocycles. The highest BCUT2D eigenvalue weighted by molar-refractivity contribution is 6.13. The molecule has 2 rings (SSSR count). The van der Waals surface area contributed by atoms with Crippen LogP contribution in [0.1, 0.15) is 44.6 Å². The van der Waals surface area contributed by atoms with Crippen LogP contribution in [0.25, 0.3) is 6.08 Å². The van der Waals surface area contributed by atoms with E-state index in [2.05, 4.69) is 37.0 Å². The van der Waals surface area contributed by atoms with E-state index in [0.29, 0.717) is 0 Å². The lowest BCUT2D eigenvalue weighted by Gasteiger charge is -2.01. The van der Waals surface area contributed by atoms with E-state index >= 15 is 0 Å². The lowest BCUT2D eigenvalue weighted by atomic mass is 10.1. The van der Waals surface area contributed by atoms with Crippen molar-refractivity contribution in [3.8, 4) is 0 Å². The number of aromatic nitrogens is 1. The van der Waals surface area contributed by atoms with E-state index in [-0.39, 0.29) is 0 Å². The van der Waals surface area contributed by atoms with E-state index in [0.717, 1.165) is 34.1 Å². The molecule has 1 aliphatic heterocycles. The Kier molecular flexibility index (Phi) is 8.48. The number of rotatable bonds is 5. The van der Waals surface area contributed by atoms with E-state index in [1.807, 2.05) is 58.1 Å². The van der Waals surface area contributed by atoms with Crippen LogP contribution in [0, 0.1) is 13.8 Å². The minimum Gasteiger partial charge on any atom is -0.494 e. The Bertz CT molecular complexity index is 753. The molecule has 0 saturated heterocycles. The third-order valence-corrected chi connectivity index (χ3v) is 3.64. The van der Waals surface area contributed by atoms with Gasteiger partial charge in [-0.1, -0.05) is 44.2 Å². The van der Waals surface area contributed by atoms with Crippen molar-refractivity contribution in [3.05, 3.63) is 76.5 Å². The summed E-state index contributed by atoms with van der Waals surface area (Å²) in [5, 5.41) is 0. The average molecular weight is 338 g/mol. The Morgan fingerprint density at radius 1 is 1.16 bits per heavy atom. The summed E-state index contributed by atoms with van der Waals surface area (Å²) in [7, 11) is 1.68. The number of H-pyrrole nitrogens is 1. The Hall–Kier alpha value is -2.55. The van der Waals surface area contributed by atoms with Crippen LogP contribution >= 0.6 is 0 Å². The van der Waals surface area contributed by atoms with Crippen LogP contribution in [0.5, 0.6) is 0 Å². The highest BCUT2D eigenvalue weighted by atomic mass is 16.5. The van der Waals surface area contributed by atoms with Gasteiger partial charge in [0.1, 0.15) is 11.5 Å². The van der Waals surface area contributed by atoms with Crippen molar-refractivity contribution in [2.45, 2.75) is 41.5 Å². The van der Waals surface area contributed by atoms with Gasteiger partial charge in [-0.25, -0.2) is 4.99 Å². The fourth-order valence-electron chi connectivity index (χ4n) is 2.47. The van der Waals surface area contributed by atoms with Gasteiger partial charge in [-0.15, -0.1) is 0 Å². The van der Waals surface area contributed by atoms with E-state index in [4.69, 9.17) is 9.73 Å². The molecular formula is C22H30N2O. The zero-order valence-electron chi connectivity index (χ0n) is 16.5. The number of aliphatic imine (C=N–C) groups is 1. The molecule has 0 fully saturated rings. The number of hydrogen-bond donors (Lipinski definition) is 1. The maximum atomic E-state index is 5.49. The number of hydrogen-bond acceptors (Lipinski definition) is 2. The molecule has 0 spiro atoms. The van der Waals surface area contributed by atoms with Crippen molar-refractivity contribution in [2.24, 2.45) is 4.99 Å². The van der Waals surface area contributed by atoms with Crippen LogP contribution in [0.4, 0.5) is 0 Å². The fraction of sp³-hybridized carbons (Fsp3) is 0.318. The molecule has 0 radical (unpaired) electrons. The summed E-state index contributed by atoms with van der Waals surface area (Å²) in [6.45, 7) is 12.1. The molecule has 1 N–H and O–H groups in total. The summed E-state index contributed by atoms with van der Waals surface area (Å²) in [6, 6.07) is 2.12. The molecule has 0 atom stereocenters. The molecule has 0 bridgehead atoms. The number of aryl methyl sites for hydroxylation is 2. The van der Waals surface area contributed by atoms with Gasteiger partial charge >= 0.3 is 0 Å². The van der Waals surface area contributed by atoms with Crippen LogP contribution in [0.3, 0.4) is 0 Å². The standard InChI is InChI=1S/C20H24N2O.C2H6/c1-6-8-9-10-16(7-2)18-13-20(23-5)19(22-18)12-17-14(3)11-15(4)21-17;1-2/h6-13,21H,1-5H3;1-2H3/b8-6+,10-9-,16-7+,19-12-;. The first-order valence-electron chi connectivity index (χ1n) is 8.77. The molecule has 25 heavy (non-hydrogen) atoms. The van der Waals surface area contributed by atoms with E-state index in [9.17, 15) is 0 Å². The maximum Gasteiger partial charge on any atom is 0.146 e. The van der Waals surface area contributed by atoms with Gasteiger partial charge in [0.25, 0.3) is 0 Å². The van der Waals surface area contributed by atoms with Crippen molar-refractivity contribution in [3.63, 3.8) is 0 Å². The first-order chi connectivity index (χ1) is 12.1. The number of aromatic amines is 1. The molecule has 0 unspecified atom stereocenters. The van der Waals surface area contributed by atoms with Gasteiger partial charge in [0.05, 0.1) is 12.8 Å². The Morgan fingerprint density at radius 3 is 2.40 bits per heavy atom. The summed E-state index contributed by atoms with van der Waals surface area (Å²) in [5.41, 5.74) is 6.23. The monoisotopic (exact) mass is 338 g/mol. The average Bonchev–Trinajstić information content (AvgIpc) is 3.16. The quantitative estimate of drug-likeness (QED) is 0.651. The molecule has 0 aliphatic carbocycles. The van der Waals surface area contributed by atoms with Gasteiger partial charge < -0.3 is 9.72 Å². The summed E-state index contributed by atoms with van der Waals surface area (Å²) < 4.78 is 5.49. The third kappa shape index (κ3) is 5.49.